The smallest absolute Gasteiger partial charge is 0.254 e. The zero-order chi connectivity index (χ0) is 14.8. The molecule has 2 bridgehead atoms. The molecule has 2 N–H and O–H groups in total. The van der Waals surface area contributed by atoms with E-state index in [-0.39, 0.29) is 30.2 Å². The summed E-state index contributed by atoms with van der Waals surface area (Å²) in [6.45, 7) is 1.36. The number of nitrogens with two attached hydrogens (primary N) is 1. The van der Waals surface area contributed by atoms with E-state index in [1.165, 1.54) is 12.1 Å². The first-order chi connectivity index (χ1) is 10.2. The molecule has 2 aliphatic heterocycles. The molecule has 5 heteroatoms. The van der Waals surface area contributed by atoms with E-state index in [9.17, 15) is 9.18 Å². The van der Waals surface area contributed by atoms with Crippen LogP contribution in [0.5, 0.6) is 0 Å². The standard InChI is InChI=1S/C16H17FN2O2/c17-15-8-12(4-3-11(15)2-1-7-18)16(20)19-9-13-5-6-14(10-19)21-13/h3-4,8,13-14H,5-7,9-10,18H2. The number of benzene rings is 1. The van der Waals surface area contributed by atoms with Gasteiger partial charge < -0.3 is 15.4 Å². The zero-order valence-electron chi connectivity index (χ0n) is 11.6. The average molecular weight is 288 g/mol. The maximum atomic E-state index is 13.9. The summed E-state index contributed by atoms with van der Waals surface area (Å²) in [4.78, 5) is 14.2. The Morgan fingerprint density at radius 1 is 1.38 bits per heavy atom. The lowest BCUT2D eigenvalue weighted by molar-refractivity contribution is -0.0303. The maximum absolute atomic E-state index is 13.9. The third kappa shape index (κ3) is 2.92. The minimum Gasteiger partial charge on any atom is -0.371 e. The third-order valence-corrected chi connectivity index (χ3v) is 3.87. The van der Waals surface area contributed by atoms with Crippen LogP contribution in [0.2, 0.25) is 0 Å². The summed E-state index contributed by atoms with van der Waals surface area (Å²) >= 11 is 0. The molecule has 2 aliphatic rings. The summed E-state index contributed by atoms with van der Waals surface area (Å²) in [6, 6.07) is 4.39. The van der Waals surface area contributed by atoms with Gasteiger partial charge in [0.15, 0.2) is 0 Å². The molecular weight excluding hydrogens is 271 g/mol. The molecule has 3 rings (SSSR count). The van der Waals surface area contributed by atoms with Crippen LogP contribution in [0.15, 0.2) is 18.2 Å². The molecular formula is C16H17FN2O2. The summed E-state index contributed by atoms with van der Waals surface area (Å²) in [5.41, 5.74) is 5.88. The minimum absolute atomic E-state index is 0.132. The number of amides is 1. The summed E-state index contributed by atoms with van der Waals surface area (Å²) in [5, 5.41) is 0. The average Bonchev–Trinajstić information content (AvgIpc) is 2.83. The molecule has 110 valence electrons. The molecule has 4 nitrogen and oxygen atoms in total. The highest BCUT2D eigenvalue weighted by Gasteiger charge is 2.36. The fourth-order valence-electron chi connectivity index (χ4n) is 2.86. The Labute approximate surface area is 123 Å². The van der Waals surface area contributed by atoms with Gasteiger partial charge in [0, 0.05) is 18.7 Å². The van der Waals surface area contributed by atoms with Crippen LogP contribution in [-0.2, 0) is 4.74 Å². The van der Waals surface area contributed by atoms with E-state index in [0.29, 0.717) is 18.7 Å². The molecule has 2 fully saturated rings. The highest BCUT2D eigenvalue weighted by molar-refractivity contribution is 5.94. The van der Waals surface area contributed by atoms with Crippen molar-refractivity contribution in [2.45, 2.75) is 25.0 Å². The second kappa shape index (κ2) is 5.84. The normalized spacial score (nSPS) is 23.6. The van der Waals surface area contributed by atoms with Crippen molar-refractivity contribution in [1.29, 1.82) is 0 Å². The number of morpholine rings is 1. The Balaban J connectivity index is 1.77. The maximum Gasteiger partial charge on any atom is 0.254 e. The van der Waals surface area contributed by atoms with Gasteiger partial charge in [0.25, 0.3) is 5.91 Å². The van der Waals surface area contributed by atoms with E-state index < -0.39 is 5.82 Å². The van der Waals surface area contributed by atoms with Crippen LogP contribution < -0.4 is 5.73 Å². The number of rotatable bonds is 1. The van der Waals surface area contributed by atoms with E-state index in [2.05, 4.69) is 11.8 Å². The first kappa shape index (κ1) is 14.1. The van der Waals surface area contributed by atoms with Crippen LogP contribution in [0.3, 0.4) is 0 Å². The third-order valence-electron chi connectivity index (χ3n) is 3.87. The topological polar surface area (TPSA) is 55.6 Å². The van der Waals surface area contributed by atoms with Crippen molar-refractivity contribution >= 4 is 5.91 Å². The Morgan fingerprint density at radius 2 is 2.10 bits per heavy atom. The lowest BCUT2D eigenvalue weighted by atomic mass is 10.1. The van der Waals surface area contributed by atoms with E-state index >= 15 is 0 Å². The molecule has 1 amide bonds. The van der Waals surface area contributed by atoms with Gasteiger partial charge in [-0.25, -0.2) is 4.39 Å². The molecule has 2 saturated heterocycles. The summed E-state index contributed by atoms with van der Waals surface area (Å²) in [5.74, 6) is 4.62. The van der Waals surface area contributed by atoms with E-state index in [0.717, 1.165) is 12.8 Å². The number of ether oxygens (including phenoxy) is 1. The van der Waals surface area contributed by atoms with Gasteiger partial charge in [-0.1, -0.05) is 11.8 Å². The van der Waals surface area contributed by atoms with Crippen molar-refractivity contribution in [2.75, 3.05) is 19.6 Å². The van der Waals surface area contributed by atoms with Crippen molar-refractivity contribution in [3.05, 3.63) is 35.1 Å². The second-order valence-corrected chi connectivity index (χ2v) is 5.37. The van der Waals surface area contributed by atoms with E-state index in [1.54, 1.807) is 11.0 Å². The number of fused-ring (bicyclic) bond motifs is 2. The number of hydrogen-bond donors (Lipinski definition) is 1. The Morgan fingerprint density at radius 3 is 2.71 bits per heavy atom. The molecule has 2 unspecified atom stereocenters. The van der Waals surface area contributed by atoms with Gasteiger partial charge in [-0.2, -0.15) is 0 Å². The predicted octanol–water partition coefficient (Wildman–Crippen LogP) is 1.14. The number of likely N-dealkylation sites (tertiary alicyclic amines) is 1. The SMILES string of the molecule is NCC#Cc1ccc(C(=O)N2CC3CCC(C2)O3)cc1F. The molecule has 0 radical (unpaired) electrons. The Hall–Kier alpha value is -1.90. The summed E-state index contributed by atoms with van der Waals surface area (Å²) < 4.78 is 19.6. The lowest BCUT2D eigenvalue weighted by Gasteiger charge is -2.32. The largest absolute Gasteiger partial charge is 0.371 e. The fraction of sp³-hybridized carbons (Fsp3) is 0.438. The van der Waals surface area contributed by atoms with E-state index in [4.69, 9.17) is 10.5 Å². The van der Waals surface area contributed by atoms with Gasteiger partial charge in [0.05, 0.1) is 24.3 Å². The molecule has 1 aromatic rings. The van der Waals surface area contributed by atoms with Crippen LogP contribution >= 0.6 is 0 Å². The van der Waals surface area contributed by atoms with Gasteiger partial charge >= 0.3 is 0 Å². The molecule has 0 aliphatic carbocycles. The number of carbonyl (C=O) groups excluding carboxylic acids is 1. The lowest BCUT2D eigenvalue weighted by Crippen LogP contribution is -2.45. The van der Waals surface area contributed by atoms with Crippen LogP contribution in [0.1, 0.15) is 28.8 Å². The van der Waals surface area contributed by atoms with Gasteiger partial charge in [0.1, 0.15) is 5.82 Å². The first-order valence-corrected chi connectivity index (χ1v) is 7.10. The van der Waals surface area contributed by atoms with Crippen molar-refractivity contribution in [3.8, 4) is 11.8 Å². The van der Waals surface area contributed by atoms with Crippen molar-refractivity contribution < 1.29 is 13.9 Å². The van der Waals surface area contributed by atoms with Crippen molar-refractivity contribution in [3.63, 3.8) is 0 Å². The van der Waals surface area contributed by atoms with Crippen LogP contribution in [0, 0.1) is 17.7 Å². The minimum atomic E-state index is -0.488. The molecule has 0 saturated carbocycles. The van der Waals surface area contributed by atoms with E-state index in [1.807, 2.05) is 0 Å². The summed E-state index contributed by atoms with van der Waals surface area (Å²) in [6.07, 6.45) is 2.26. The predicted molar refractivity (Wildman–Crippen MR) is 76.1 cm³/mol. The number of hydrogen-bond acceptors (Lipinski definition) is 3. The highest BCUT2D eigenvalue weighted by atomic mass is 19.1. The van der Waals surface area contributed by atoms with Crippen LogP contribution in [0.25, 0.3) is 0 Å². The monoisotopic (exact) mass is 288 g/mol. The van der Waals surface area contributed by atoms with Crippen LogP contribution in [0.4, 0.5) is 4.39 Å². The summed E-state index contributed by atoms with van der Waals surface area (Å²) in [7, 11) is 0. The second-order valence-electron chi connectivity index (χ2n) is 5.37. The fourth-order valence-corrected chi connectivity index (χ4v) is 2.86. The highest BCUT2D eigenvalue weighted by Crippen LogP contribution is 2.27. The van der Waals surface area contributed by atoms with Gasteiger partial charge in [-0.05, 0) is 31.0 Å². The number of carbonyl (C=O) groups is 1. The Bertz CT molecular complexity index is 608. The van der Waals surface area contributed by atoms with Crippen molar-refractivity contribution in [2.24, 2.45) is 5.73 Å². The van der Waals surface area contributed by atoms with Crippen LogP contribution in [-0.4, -0.2) is 42.6 Å². The molecule has 2 atom stereocenters. The number of nitrogens with zero attached hydrogens (tertiary/aromatic N) is 1. The van der Waals surface area contributed by atoms with Gasteiger partial charge in [-0.3, -0.25) is 4.79 Å². The molecule has 0 aromatic heterocycles. The van der Waals surface area contributed by atoms with Crippen molar-refractivity contribution in [1.82, 2.24) is 4.90 Å². The van der Waals surface area contributed by atoms with Gasteiger partial charge in [0.2, 0.25) is 0 Å². The Kier molecular flexibility index (Phi) is 3.91. The molecule has 1 aromatic carbocycles. The quantitative estimate of drug-likeness (QED) is 0.788. The van der Waals surface area contributed by atoms with Gasteiger partial charge in [-0.15, -0.1) is 0 Å². The zero-order valence-corrected chi connectivity index (χ0v) is 11.6. The first-order valence-electron chi connectivity index (χ1n) is 7.10. The molecule has 2 heterocycles. The molecule has 21 heavy (non-hydrogen) atoms. The number of halogens is 1. The molecule has 0 spiro atoms.